The molecule has 0 aliphatic rings. The van der Waals surface area contributed by atoms with Crippen LogP contribution in [0.3, 0.4) is 0 Å². The maximum absolute atomic E-state index is 10.3. The number of aldehydes is 1. The summed E-state index contributed by atoms with van der Waals surface area (Å²) in [5.41, 5.74) is 2.39. The van der Waals surface area contributed by atoms with Crippen molar-refractivity contribution < 1.29 is 4.79 Å². The first-order chi connectivity index (χ1) is 7.70. The number of carbonyl (C=O) groups excluding carboxylic acids is 1. The minimum absolute atomic E-state index is 0.532. The summed E-state index contributed by atoms with van der Waals surface area (Å²) in [7, 11) is 0. The number of aromatic nitrogens is 1. The van der Waals surface area contributed by atoms with Gasteiger partial charge in [-0.05, 0) is 23.6 Å². The summed E-state index contributed by atoms with van der Waals surface area (Å²) >= 11 is 1.69. The van der Waals surface area contributed by atoms with Crippen LogP contribution in [0.4, 0.5) is 0 Å². The lowest BCUT2D eigenvalue weighted by molar-refractivity contribution is -0.107. The fraction of sp³-hybridized carbons (Fsp3) is 0.385. The van der Waals surface area contributed by atoms with Gasteiger partial charge >= 0.3 is 0 Å². The zero-order valence-corrected chi connectivity index (χ0v) is 10.4. The maximum Gasteiger partial charge on any atom is 0.120 e. The highest BCUT2D eigenvalue weighted by Gasteiger charge is 2.06. The van der Waals surface area contributed by atoms with E-state index >= 15 is 0 Å². The fourth-order valence-corrected chi connectivity index (χ4v) is 2.60. The predicted molar refractivity (Wildman–Crippen MR) is 68.1 cm³/mol. The Morgan fingerprint density at radius 1 is 1.44 bits per heavy atom. The minimum Gasteiger partial charge on any atom is -0.303 e. The molecule has 1 aromatic heterocycles. The zero-order chi connectivity index (χ0) is 11.5. The van der Waals surface area contributed by atoms with E-state index in [0.29, 0.717) is 12.3 Å². The summed E-state index contributed by atoms with van der Waals surface area (Å²) in [5.74, 6) is 0.532. The molecular weight excluding hydrogens is 218 g/mol. The fourth-order valence-electron chi connectivity index (χ4n) is 1.64. The van der Waals surface area contributed by atoms with Crippen molar-refractivity contribution in [3.05, 3.63) is 28.8 Å². The molecular formula is C13H15NOS. The van der Waals surface area contributed by atoms with Crippen molar-refractivity contribution in [3.8, 4) is 0 Å². The van der Waals surface area contributed by atoms with Crippen LogP contribution in [-0.4, -0.2) is 11.3 Å². The van der Waals surface area contributed by atoms with Crippen LogP contribution < -0.4 is 0 Å². The lowest BCUT2D eigenvalue weighted by Crippen LogP contribution is -1.86. The molecule has 2 nitrogen and oxygen atoms in total. The average Bonchev–Trinajstić information content (AvgIpc) is 2.67. The van der Waals surface area contributed by atoms with Crippen molar-refractivity contribution >= 4 is 27.8 Å². The molecule has 0 N–H and O–H groups in total. The molecule has 1 heterocycles. The van der Waals surface area contributed by atoms with Gasteiger partial charge in [0.25, 0.3) is 0 Å². The Labute approximate surface area is 99.3 Å². The van der Waals surface area contributed by atoms with Crippen LogP contribution >= 0.6 is 11.3 Å². The monoisotopic (exact) mass is 233 g/mol. The summed E-state index contributed by atoms with van der Waals surface area (Å²) < 4.78 is 1.21. The van der Waals surface area contributed by atoms with Crippen LogP contribution in [0, 0.1) is 0 Å². The molecule has 0 bridgehead atoms. The molecule has 0 atom stereocenters. The molecule has 0 fully saturated rings. The first-order valence-corrected chi connectivity index (χ1v) is 6.35. The molecule has 0 aliphatic heterocycles. The van der Waals surface area contributed by atoms with Crippen molar-refractivity contribution in [2.24, 2.45) is 0 Å². The minimum atomic E-state index is 0.532. The summed E-state index contributed by atoms with van der Waals surface area (Å²) in [6, 6.07) is 6.45. The number of hydrogen-bond acceptors (Lipinski definition) is 3. The molecule has 3 heteroatoms. The Balaban J connectivity index is 2.34. The lowest BCUT2D eigenvalue weighted by Gasteiger charge is -2.03. The van der Waals surface area contributed by atoms with Crippen molar-refractivity contribution in [2.75, 3.05) is 0 Å². The van der Waals surface area contributed by atoms with Crippen molar-refractivity contribution in [1.82, 2.24) is 4.98 Å². The Morgan fingerprint density at radius 3 is 2.94 bits per heavy atom. The van der Waals surface area contributed by atoms with E-state index in [0.717, 1.165) is 23.2 Å². The van der Waals surface area contributed by atoms with Crippen LogP contribution in [0.25, 0.3) is 10.2 Å². The van der Waals surface area contributed by atoms with E-state index < -0.39 is 0 Å². The number of aryl methyl sites for hydroxylation is 1. The van der Waals surface area contributed by atoms with E-state index in [-0.39, 0.29) is 0 Å². The third-order valence-electron chi connectivity index (χ3n) is 2.60. The molecule has 84 valence electrons. The SMILES string of the molecule is CC(C)c1ccc2sc(CCC=O)nc2c1. The molecule has 2 rings (SSSR count). The maximum atomic E-state index is 10.3. The number of benzene rings is 1. The summed E-state index contributed by atoms with van der Waals surface area (Å²) in [4.78, 5) is 14.9. The van der Waals surface area contributed by atoms with Crippen molar-refractivity contribution in [3.63, 3.8) is 0 Å². The van der Waals surface area contributed by atoms with E-state index in [9.17, 15) is 4.79 Å². The molecule has 0 saturated heterocycles. The van der Waals surface area contributed by atoms with Gasteiger partial charge in [0, 0.05) is 12.8 Å². The van der Waals surface area contributed by atoms with Crippen LogP contribution in [0.1, 0.15) is 36.8 Å². The molecule has 16 heavy (non-hydrogen) atoms. The second-order valence-corrected chi connectivity index (χ2v) is 5.31. The average molecular weight is 233 g/mol. The smallest absolute Gasteiger partial charge is 0.120 e. The third kappa shape index (κ3) is 2.30. The first-order valence-electron chi connectivity index (χ1n) is 5.53. The number of thiazole rings is 1. The Bertz CT molecular complexity index is 502. The van der Waals surface area contributed by atoms with E-state index in [1.807, 2.05) is 0 Å². The van der Waals surface area contributed by atoms with Gasteiger partial charge in [0.1, 0.15) is 6.29 Å². The highest BCUT2D eigenvalue weighted by Crippen LogP contribution is 2.26. The molecule has 0 radical (unpaired) electrons. The Hall–Kier alpha value is -1.22. The van der Waals surface area contributed by atoms with Gasteiger partial charge in [0.15, 0.2) is 0 Å². The molecule has 0 aliphatic carbocycles. The second-order valence-electron chi connectivity index (χ2n) is 4.19. The molecule has 0 spiro atoms. The van der Waals surface area contributed by atoms with E-state index in [1.165, 1.54) is 10.3 Å². The predicted octanol–water partition coefficient (Wildman–Crippen LogP) is 3.55. The quantitative estimate of drug-likeness (QED) is 0.756. The van der Waals surface area contributed by atoms with Gasteiger partial charge in [-0.1, -0.05) is 19.9 Å². The largest absolute Gasteiger partial charge is 0.303 e. The molecule has 2 aromatic rings. The van der Waals surface area contributed by atoms with Crippen LogP contribution in [0.2, 0.25) is 0 Å². The lowest BCUT2D eigenvalue weighted by atomic mass is 10.0. The summed E-state index contributed by atoms with van der Waals surface area (Å²) in [6.07, 6.45) is 2.28. The summed E-state index contributed by atoms with van der Waals surface area (Å²) in [5, 5.41) is 1.06. The van der Waals surface area contributed by atoms with Crippen molar-refractivity contribution in [1.29, 1.82) is 0 Å². The van der Waals surface area contributed by atoms with Gasteiger partial charge in [-0.15, -0.1) is 11.3 Å². The molecule has 0 unspecified atom stereocenters. The molecule has 0 amide bonds. The van der Waals surface area contributed by atoms with E-state index in [1.54, 1.807) is 11.3 Å². The third-order valence-corrected chi connectivity index (χ3v) is 3.69. The van der Waals surface area contributed by atoms with E-state index in [4.69, 9.17) is 0 Å². The topological polar surface area (TPSA) is 30.0 Å². The highest BCUT2D eigenvalue weighted by atomic mass is 32.1. The van der Waals surface area contributed by atoms with Crippen molar-refractivity contribution in [2.45, 2.75) is 32.6 Å². The highest BCUT2D eigenvalue weighted by molar-refractivity contribution is 7.18. The van der Waals surface area contributed by atoms with Crippen LogP contribution in [0.15, 0.2) is 18.2 Å². The first kappa shape index (κ1) is 11.3. The van der Waals surface area contributed by atoms with Gasteiger partial charge < -0.3 is 4.79 Å². The van der Waals surface area contributed by atoms with E-state index in [2.05, 4.69) is 37.0 Å². The zero-order valence-electron chi connectivity index (χ0n) is 9.56. The van der Waals surface area contributed by atoms with Crippen LogP contribution in [-0.2, 0) is 11.2 Å². The van der Waals surface area contributed by atoms with Gasteiger partial charge in [-0.2, -0.15) is 0 Å². The number of carbonyl (C=O) groups is 1. The Morgan fingerprint density at radius 2 is 2.25 bits per heavy atom. The number of rotatable bonds is 4. The second kappa shape index (κ2) is 4.74. The van der Waals surface area contributed by atoms with Gasteiger partial charge in [0.05, 0.1) is 15.2 Å². The number of hydrogen-bond donors (Lipinski definition) is 0. The standard InChI is InChI=1S/C13H15NOS/c1-9(2)10-5-6-12-11(8-10)14-13(16-12)4-3-7-15/h5-9H,3-4H2,1-2H3. The molecule has 1 aromatic carbocycles. The van der Waals surface area contributed by atoms with Gasteiger partial charge in [-0.3, -0.25) is 0 Å². The van der Waals surface area contributed by atoms with Gasteiger partial charge in [-0.25, -0.2) is 4.98 Å². The number of nitrogens with zero attached hydrogens (tertiary/aromatic N) is 1. The molecule has 0 saturated carbocycles. The number of fused-ring (bicyclic) bond motifs is 1. The Kier molecular flexibility index (Phi) is 3.34. The van der Waals surface area contributed by atoms with Crippen LogP contribution in [0.5, 0.6) is 0 Å². The van der Waals surface area contributed by atoms with Gasteiger partial charge in [0.2, 0.25) is 0 Å². The summed E-state index contributed by atoms with van der Waals surface area (Å²) in [6.45, 7) is 4.36. The normalized spacial score (nSPS) is 11.2.